The molecule has 6 nitrogen and oxygen atoms in total. The molecule has 2 aromatic carbocycles. The molecule has 0 saturated heterocycles. The molecule has 1 amide bonds. The molecule has 2 aromatic rings. The molecule has 0 aliphatic rings. The van der Waals surface area contributed by atoms with Gasteiger partial charge in [0.1, 0.15) is 17.1 Å². The molecule has 1 N–H and O–H groups in total. The molecule has 0 heterocycles. The number of carbonyl (C=O) groups is 2. The predicted octanol–water partition coefficient (Wildman–Crippen LogP) is 2.67. The van der Waals surface area contributed by atoms with E-state index in [9.17, 15) is 9.59 Å². The number of hydrogen-bond donors (Lipinski definition) is 1. The van der Waals surface area contributed by atoms with Crippen LogP contribution in [0.25, 0.3) is 0 Å². The molecule has 0 aromatic heterocycles. The fourth-order valence-corrected chi connectivity index (χ4v) is 1.86. The van der Waals surface area contributed by atoms with Gasteiger partial charge >= 0.3 is 5.97 Å². The number of benzene rings is 2. The van der Waals surface area contributed by atoms with Gasteiger partial charge in [-0.1, -0.05) is 30.3 Å². The van der Waals surface area contributed by atoms with Crippen molar-refractivity contribution in [1.82, 2.24) is 5.32 Å². The van der Waals surface area contributed by atoms with Gasteiger partial charge in [-0.3, -0.25) is 4.79 Å². The molecule has 0 saturated carbocycles. The first-order chi connectivity index (χ1) is 11.7. The summed E-state index contributed by atoms with van der Waals surface area (Å²) >= 11 is 0. The van der Waals surface area contributed by atoms with Crippen LogP contribution in [-0.2, 0) is 9.53 Å². The lowest BCUT2D eigenvalue weighted by molar-refractivity contribution is -0.124. The minimum absolute atomic E-state index is 0.202. The summed E-state index contributed by atoms with van der Waals surface area (Å²) in [5.74, 6) is -0.178. The van der Waals surface area contributed by atoms with E-state index in [4.69, 9.17) is 14.7 Å². The first kappa shape index (κ1) is 17.0. The van der Waals surface area contributed by atoms with E-state index < -0.39 is 18.5 Å². The fourth-order valence-electron chi connectivity index (χ4n) is 1.86. The van der Waals surface area contributed by atoms with Crippen LogP contribution in [0.15, 0.2) is 54.6 Å². The van der Waals surface area contributed by atoms with Crippen LogP contribution < -0.4 is 10.1 Å². The maximum absolute atomic E-state index is 12.2. The lowest BCUT2D eigenvalue weighted by Crippen LogP contribution is -2.29. The summed E-state index contributed by atoms with van der Waals surface area (Å²) in [6.07, 6.45) is 0.202. The topological polar surface area (TPSA) is 88.4 Å². The smallest absolute Gasteiger partial charge is 0.342 e. The van der Waals surface area contributed by atoms with Gasteiger partial charge in [-0.15, -0.1) is 0 Å². The highest BCUT2D eigenvalue weighted by Crippen LogP contribution is 2.25. The number of nitrogens with zero attached hydrogens (tertiary/aromatic N) is 1. The first-order valence-electron chi connectivity index (χ1n) is 7.33. The predicted molar refractivity (Wildman–Crippen MR) is 86.5 cm³/mol. The van der Waals surface area contributed by atoms with Crippen molar-refractivity contribution in [2.45, 2.75) is 6.42 Å². The van der Waals surface area contributed by atoms with Crippen LogP contribution in [0.5, 0.6) is 11.5 Å². The van der Waals surface area contributed by atoms with Gasteiger partial charge in [0.2, 0.25) is 0 Å². The molecule has 0 aliphatic heterocycles. The van der Waals surface area contributed by atoms with E-state index in [1.54, 1.807) is 36.4 Å². The quantitative estimate of drug-likeness (QED) is 0.625. The van der Waals surface area contributed by atoms with Crippen LogP contribution in [-0.4, -0.2) is 25.0 Å². The molecule has 0 aliphatic carbocycles. The Labute approximate surface area is 139 Å². The Morgan fingerprint density at radius 1 is 1.04 bits per heavy atom. The van der Waals surface area contributed by atoms with E-state index in [0.29, 0.717) is 11.5 Å². The largest absolute Gasteiger partial charge is 0.456 e. The van der Waals surface area contributed by atoms with E-state index in [2.05, 4.69) is 5.32 Å². The molecule has 0 bridgehead atoms. The second-order valence-electron chi connectivity index (χ2n) is 4.75. The molecule has 0 unspecified atom stereocenters. The average molecular weight is 324 g/mol. The molecule has 2 rings (SSSR count). The zero-order chi connectivity index (χ0) is 17.2. The van der Waals surface area contributed by atoms with Crippen LogP contribution >= 0.6 is 0 Å². The van der Waals surface area contributed by atoms with Crippen molar-refractivity contribution in [3.63, 3.8) is 0 Å². The summed E-state index contributed by atoms with van der Waals surface area (Å²) in [5.41, 5.74) is 0.228. The number of nitriles is 1. The minimum atomic E-state index is -0.656. The lowest BCUT2D eigenvalue weighted by atomic mass is 10.2. The maximum atomic E-state index is 12.2. The van der Waals surface area contributed by atoms with Crippen LogP contribution in [0.3, 0.4) is 0 Å². The van der Waals surface area contributed by atoms with Gasteiger partial charge in [-0.25, -0.2) is 4.79 Å². The second kappa shape index (κ2) is 8.96. The summed E-state index contributed by atoms with van der Waals surface area (Å²) in [6, 6.07) is 17.6. The highest BCUT2D eigenvalue weighted by molar-refractivity contribution is 5.94. The third-order valence-corrected chi connectivity index (χ3v) is 2.97. The maximum Gasteiger partial charge on any atom is 0.342 e. The number of nitrogens with one attached hydrogen (secondary N) is 1. The van der Waals surface area contributed by atoms with Crippen molar-refractivity contribution >= 4 is 11.9 Å². The van der Waals surface area contributed by atoms with Crippen molar-refractivity contribution in [2.75, 3.05) is 13.2 Å². The Bertz CT molecular complexity index is 738. The van der Waals surface area contributed by atoms with Crippen molar-refractivity contribution in [3.8, 4) is 17.6 Å². The Morgan fingerprint density at radius 3 is 2.50 bits per heavy atom. The van der Waals surface area contributed by atoms with Gasteiger partial charge in [0, 0.05) is 6.54 Å². The molecule has 6 heteroatoms. The monoisotopic (exact) mass is 324 g/mol. The fraction of sp³-hybridized carbons (Fsp3) is 0.167. The third-order valence-electron chi connectivity index (χ3n) is 2.97. The highest BCUT2D eigenvalue weighted by Gasteiger charge is 2.15. The normalized spacial score (nSPS) is 9.62. The average Bonchev–Trinajstić information content (AvgIpc) is 2.61. The van der Waals surface area contributed by atoms with E-state index >= 15 is 0 Å². The van der Waals surface area contributed by atoms with Crippen LogP contribution in [0.2, 0.25) is 0 Å². The van der Waals surface area contributed by atoms with E-state index in [1.165, 1.54) is 0 Å². The van der Waals surface area contributed by atoms with Gasteiger partial charge in [-0.2, -0.15) is 5.26 Å². The number of hydrogen-bond acceptors (Lipinski definition) is 5. The van der Waals surface area contributed by atoms with Gasteiger partial charge < -0.3 is 14.8 Å². The van der Waals surface area contributed by atoms with Crippen molar-refractivity contribution in [1.29, 1.82) is 5.26 Å². The summed E-state index contributed by atoms with van der Waals surface area (Å²) in [4.78, 5) is 23.7. The van der Waals surface area contributed by atoms with Crippen LogP contribution in [0.4, 0.5) is 0 Å². The molecule has 24 heavy (non-hydrogen) atoms. The number of rotatable bonds is 7. The number of amides is 1. The molecule has 0 spiro atoms. The first-order valence-corrected chi connectivity index (χ1v) is 7.33. The Kier molecular flexibility index (Phi) is 6.35. The second-order valence-corrected chi connectivity index (χ2v) is 4.75. The molecule has 0 radical (unpaired) electrons. The van der Waals surface area contributed by atoms with Crippen molar-refractivity contribution in [2.24, 2.45) is 0 Å². The molecule has 0 atom stereocenters. The van der Waals surface area contributed by atoms with Gasteiger partial charge in [0.05, 0.1) is 12.5 Å². The summed E-state index contributed by atoms with van der Waals surface area (Å²) in [6.45, 7) is -0.190. The zero-order valence-corrected chi connectivity index (χ0v) is 12.9. The van der Waals surface area contributed by atoms with Gasteiger partial charge in [0.15, 0.2) is 6.61 Å². The van der Waals surface area contributed by atoms with Gasteiger partial charge in [-0.05, 0) is 24.3 Å². The van der Waals surface area contributed by atoms with E-state index in [1.807, 2.05) is 24.3 Å². The molecular weight excluding hydrogens is 308 g/mol. The molecule has 122 valence electrons. The van der Waals surface area contributed by atoms with Crippen molar-refractivity contribution in [3.05, 3.63) is 60.2 Å². The van der Waals surface area contributed by atoms with Crippen LogP contribution in [0.1, 0.15) is 16.8 Å². The standard InChI is InChI=1S/C18H16N2O4/c19-11-6-12-20-17(21)13-23-18(22)15-9-4-5-10-16(15)24-14-7-2-1-3-8-14/h1-5,7-10H,6,12-13H2,(H,20,21). The lowest BCUT2D eigenvalue weighted by Gasteiger charge is -2.11. The van der Waals surface area contributed by atoms with E-state index in [0.717, 1.165) is 0 Å². The zero-order valence-electron chi connectivity index (χ0n) is 12.9. The molecular formula is C18H16N2O4. The molecule has 0 fully saturated rings. The number of para-hydroxylation sites is 2. The Balaban J connectivity index is 1.97. The van der Waals surface area contributed by atoms with Crippen LogP contribution in [0, 0.1) is 11.3 Å². The summed E-state index contributed by atoms with van der Waals surface area (Å²) < 4.78 is 10.7. The number of carbonyl (C=O) groups excluding carboxylic acids is 2. The van der Waals surface area contributed by atoms with Crippen molar-refractivity contribution < 1.29 is 19.1 Å². The highest BCUT2D eigenvalue weighted by atomic mass is 16.5. The third kappa shape index (κ3) is 5.14. The minimum Gasteiger partial charge on any atom is -0.456 e. The Morgan fingerprint density at radius 2 is 1.75 bits per heavy atom. The Hall–Kier alpha value is -3.33. The summed E-state index contributed by atoms with van der Waals surface area (Å²) in [7, 11) is 0. The van der Waals surface area contributed by atoms with Gasteiger partial charge in [0.25, 0.3) is 5.91 Å². The number of ether oxygens (including phenoxy) is 2. The number of esters is 1. The van der Waals surface area contributed by atoms with E-state index in [-0.39, 0.29) is 18.5 Å². The SMILES string of the molecule is N#CCCNC(=O)COC(=O)c1ccccc1Oc1ccccc1. The summed E-state index contributed by atoms with van der Waals surface area (Å²) in [5, 5.41) is 10.9.